The minimum absolute atomic E-state index is 0.150. The maximum atomic E-state index is 13.4. The van der Waals surface area contributed by atoms with E-state index in [2.05, 4.69) is 28.5 Å². The van der Waals surface area contributed by atoms with E-state index in [-0.39, 0.29) is 17.4 Å². The molecule has 136 valence electrons. The molecule has 0 N–H and O–H groups in total. The van der Waals surface area contributed by atoms with Gasteiger partial charge in [-0.15, -0.1) is 5.10 Å². The van der Waals surface area contributed by atoms with Crippen molar-refractivity contribution in [1.29, 1.82) is 0 Å². The predicted molar refractivity (Wildman–Crippen MR) is 101 cm³/mol. The summed E-state index contributed by atoms with van der Waals surface area (Å²) in [4.78, 5) is 14.5. The van der Waals surface area contributed by atoms with Crippen LogP contribution in [0, 0.1) is 12.7 Å². The van der Waals surface area contributed by atoms with Crippen LogP contribution in [0.5, 0.6) is 0 Å². The molecule has 6 heteroatoms. The number of amides is 1. The Hall–Kier alpha value is -3.28. The summed E-state index contributed by atoms with van der Waals surface area (Å²) in [6.45, 7) is 2.87. The molecule has 1 aliphatic heterocycles. The Bertz CT molecular complexity index is 1010. The molecule has 0 bridgehead atoms. The van der Waals surface area contributed by atoms with Gasteiger partial charge in [0, 0.05) is 13.1 Å². The quantitative estimate of drug-likeness (QED) is 0.715. The summed E-state index contributed by atoms with van der Waals surface area (Å²) in [7, 11) is 0. The highest BCUT2D eigenvalue weighted by Gasteiger charge is 2.22. The van der Waals surface area contributed by atoms with Gasteiger partial charge in [0.05, 0.1) is 11.9 Å². The number of aryl methyl sites for hydroxylation is 1. The normalized spacial score (nSPS) is 14.1. The van der Waals surface area contributed by atoms with E-state index in [1.54, 1.807) is 30.2 Å². The smallest absolute Gasteiger partial charge is 0.276 e. The van der Waals surface area contributed by atoms with E-state index >= 15 is 0 Å². The zero-order chi connectivity index (χ0) is 18.8. The fourth-order valence-electron chi connectivity index (χ4n) is 3.19. The molecule has 0 unspecified atom stereocenters. The maximum Gasteiger partial charge on any atom is 0.276 e. The first-order valence-electron chi connectivity index (χ1n) is 8.84. The van der Waals surface area contributed by atoms with E-state index in [1.165, 1.54) is 21.9 Å². The minimum atomic E-state index is -0.274. The van der Waals surface area contributed by atoms with Crippen molar-refractivity contribution in [2.24, 2.45) is 0 Å². The van der Waals surface area contributed by atoms with Gasteiger partial charge in [-0.3, -0.25) is 4.79 Å². The summed E-state index contributed by atoms with van der Waals surface area (Å²) in [5.74, 6) is -0.423. The highest BCUT2D eigenvalue weighted by molar-refractivity contribution is 5.92. The first-order chi connectivity index (χ1) is 13.1. The van der Waals surface area contributed by atoms with Crippen LogP contribution in [0.3, 0.4) is 0 Å². The fourth-order valence-corrected chi connectivity index (χ4v) is 3.19. The third-order valence-corrected chi connectivity index (χ3v) is 4.76. The monoisotopic (exact) mass is 362 g/mol. The van der Waals surface area contributed by atoms with Crippen LogP contribution in [0.25, 0.3) is 11.3 Å². The number of nitrogens with zero attached hydrogens (tertiary/aromatic N) is 4. The first-order valence-corrected chi connectivity index (χ1v) is 8.84. The van der Waals surface area contributed by atoms with Gasteiger partial charge in [-0.25, -0.2) is 9.07 Å². The Morgan fingerprint density at radius 3 is 2.67 bits per heavy atom. The highest BCUT2D eigenvalue weighted by Crippen LogP contribution is 2.23. The van der Waals surface area contributed by atoms with Crippen molar-refractivity contribution >= 4 is 11.5 Å². The van der Waals surface area contributed by atoms with Gasteiger partial charge in [0.2, 0.25) is 0 Å². The van der Waals surface area contributed by atoms with Crippen LogP contribution in [0.15, 0.2) is 60.8 Å². The number of hydrogen-bond acceptors (Lipinski definition) is 3. The standard InChI is InChI=1S/C21H19FN4O/c1-15-13-18(7-8-19(15)22)26-14-20(23-24-26)21(27)25-11-9-17(10-12-25)16-5-3-2-4-6-16/h2-9,13-14H,10-12H2,1H3. The molecule has 0 atom stereocenters. The van der Waals surface area contributed by atoms with E-state index in [4.69, 9.17) is 0 Å². The molecule has 2 aromatic carbocycles. The van der Waals surface area contributed by atoms with E-state index in [9.17, 15) is 9.18 Å². The van der Waals surface area contributed by atoms with Gasteiger partial charge >= 0.3 is 0 Å². The lowest BCUT2D eigenvalue weighted by Gasteiger charge is -2.25. The topological polar surface area (TPSA) is 51.0 Å². The summed E-state index contributed by atoms with van der Waals surface area (Å²) in [6, 6.07) is 14.9. The molecule has 0 spiro atoms. The van der Waals surface area contributed by atoms with Crippen LogP contribution < -0.4 is 0 Å². The molecule has 1 amide bonds. The van der Waals surface area contributed by atoms with E-state index in [0.717, 1.165) is 6.42 Å². The second-order valence-electron chi connectivity index (χ2n) is 6.58. The number of rotatable bonds is 3. The number of benzene rings is 2. The van der Waals surface area contributed by atoms with E-state index in [1.807, 2.05) is 18.2 Å². The van der Waals surface area contributed by atoms with Gasteiger partial charge < -0.3 is 4.90 Å². The van der Waals surface area contributed by atoms with Gasteiger partial charge in [-0.1, -0.05) is 41.6 Å². The average Bonchev–Trinajstić information content (AvgIpc) is 3.20. The lowest BCUT2D eigenvalue weighted by atomic mass is 9.99. The highest BCUT2D eigenvalue weighted by atomic mass is 19.1. The number of aromatic nitrogens is 3. The van der Waals surface area contributed by atoms with Crippen LogP contribution in [-0.2, 0) is 0 Å². The Kier molecular flexibility index (Phi) is 4.54. The molecule has 3 aromatic rings. The van der Waals surface area contributed by atoms with Crippen LogP contribution in [0.2, 0.25) is 0 Å². The van der Waals surface area contributed by atoms with Gasteiger partial charge in [-0.05, 0) is 48.2 Å². The van der Waals surface area contributed by atoms with Gasteiger partial charge in [0.15, 0.2) is 5.69 Å². The molecule has 0 radical (unpaired) electrons. The molecule has 0 fully saturated rings. The molecule has 1 aliphatic rings. The van der Waals surface area contributed by atoms with Crippen molar-refractivity contribution < 1.29 is 9.18 Å². The van der Waals surface area contributed by atoms with Crippen molar-refractivity contribution in [2.45, 2.75) is 13.3 Å². The number of carbonyl (C=O) groups is 1. The molecule has 0 saturated heterocycles. The van der Waals surface area contributed by atoms with Gasteiger partial charge in [0.1, 0.15) is 5.82 Å². The van der Waals surface area contributed by atoms with Gasteiger partial charge in [0.25, 0.3) is 5.91 Å². The first kappa shape index (κ1) is 17.1. The number of carbonyl (C=O) groups excluding carboxylic acids is 1. The lowest BCUT2D eigenvalue weighted by molar-refractivity contribution is 0.0767. The van der Waals surface area contributed by atoms with Crippen LogP contribution in [0.4, 0.5) is 4.39 Å². The van der Waals surface area contributed by atoms with Crippen molar-refractivity contribution in [3.63, 3.8) is 0 Å². The van der Waals surface area contributed by atoms with E-state index < -0.39 is 0 Å². The molecule has 0 saturated carbocycles. The molecule has 2 heterocycles. The second kappa shape index (κ2) is 7.15. The molecule has 1 aromatic heterocycles. The minimum Gasteiger partial charge on any atom is -0.333 e. The summed E-state index contributed by atoms with van der Waals surface area (Å²) in [5.41, 5.74) is 3.93. The maximum absolute atomic E-state index is 13.4. The Morgan fingerprint density at radius 1 is 1.15 bits per heavy atom. The van der Waals surface area contributed by atoms with Crippen LogP contribution in [0.1, 0.15) is 28.0 Å². The van der Waals surface area contributed by atoms with Crippen LogP contribution >= 0.6 is 0 Å². The molecule has 27 heavy (non-hydrogen) atoms. The average molecular weight is 362 g/mol. The van der Waals surface area contributed by atoms with Crippen molar-refractivity contribution in [3.05, 3.63) is 83.4 Å². The lowest BCUT2D eigenvalue weighted by Crippen LogP contribution is -2.34. The molecular formula is C21H19FN4O. The fraction of sp³-hybridized carbons (Fsp3) is 0.190. The Labute approximate surface area is 156 Å². The van der Waals surface area contributed by atoms with E-state index in [0.29, 0.717) is 24.3 Å². The zero-order valence-electron chi connectivity index (χ0n) is 15.0. The molecule has 5 nitrogen and oxygen atoms in total. The zero-order valence-corrected chi connectivity index (χ0v) is 15.0. The molecular weight excluding hydrogens is 343 g/mol. The summed E-state index contributed by atoms with van der Waals surface area (Å²) < 4.78 is 14.9. The second-order valence-corrected chi connectivity index (χ2v) is 6.58. The van der Waals surface area contributed by atoms with Crippen LogP contribution in [-0.4, -0.2) is 38.9 Å². The summed E-state index contributed by atoms with van der Waals surface area (Å²) in [6.07, 6.45) is 4.48. The largest absolute Gasteiger partial charge is 0.333 e. The Balaban J connectivity index is 1.49. The van der Waals surface area contributed by atoms with Crippen molar-refractivity contribution in [2.75, 3.05) is 13.1 Å². The van der Waals surface area contributed by atoms with Crippen molar-refractivity contribution in [3.8, 4) is 5.69 Å². The number of hydrogen-bond donors (Lipinski definition) is 0. The Morgan fingerprint density at radius 2 is 1.96 bits per heavy atom. The number of halogens is 1. The summed E-state index contributed by atoms with van der Waals surface area (Å²) in [5, 5.41) is 8.02. The third kappa shape index (κ3) is 3.51. The van der Waals surface area contributed by atoms with Gasteiger partial charge in [-0.2, -0.15) is 0 Å². The molecule has 0 aliphatic carbocycles. The molecule has 4 rings (SSSR count). The predicted octanol–water partition coefficient (Wildman–Crippen LogP) is 3.64. The SMILES string of the molecule is Cc1cc(-n2cc(C(=O)N3CC=C(c4ccccc4)CC3)nn2)ccc1F. The third-order valence-electron chi connectivity index (χ3n) is 4.76. The van der Waals surface area contributed by atoms with Crippen molar-refractivity contribution in [1.82, 2.24) is 19.9 Å². The summed E-state index contributed by atoms with van der Waals surface area (Å²) >= 11 is 0.